The van der Waals surface area contributed by atoms with Crippen LogP contribution in [0.4, 0.5) is 0 Å². The van der Waals surface area contributed by atoms with Crippen LogP contribution in [0.5, 0.6) is 5.75 Å². The predicted molar refractivity (Wildman–Crippen MR) is 81.2 cm³/mol. The van der Waals surface area contributed by atoms with Crippen LogP contribution in [0.2, 0.25) is 0 Å². The van der Waals surface area contributed by atoms with Crippen LogP contribution in [0.25, 0.3) is 0 Å². The first-order valence-corrected chi connectivity index (χ1v) is 7.48. The second-order valence-electron chi connectivity index (χ2n) is 4.50. The SMILES string of the molecule is COCCNCc1csc(COc2ccc(C)cc2)n1. The third-order valence-electron chi connectivity index (χ3n) is 2.77. The zero-order valence-electron chi connectivity index (χ0n) is 11.9. The molecule has 20 heavy (non-hydrogen) atoms. The molecule has 0 saturated heterocycles. The summed E-state index contributed by atoms with van der Waals surface area (Å²) in [6.45, 7) is 4.90. The van der Waals surface area contributed by atoms with Gasteiger partial charge in [-0.15, -0.1) is 11.3 Å². The zero-order chi connectivity index (χ0) is 14.2. The molecule has 1 aromatic heterocycles. The summed E-state index contributed by atoms with van der Waals surface area (Å²) in [5, 5.41) is 6.33. The van der Waals surface area contributed by atoms with Crippen molar-refractivity contribution in [1.82, 2.24) is 10.3 Å². The third-order valence-corrected chi connectivity index (χ3v) is 3.64. The van der Waals surface area contributed by atoms with Gasteiger partial charge < -0.3 is 14.8 Å². The Morgan fingerprint density at radius 3 is 2.80 bits per heavy atom. The molecular formula is C15H20N2O2S. The summed E-state index contributed by atoms with van der Waals surface area (Å²) in [7, 11) is 1.70. The Bertz CT molecular complexity index is 511. The maximum Gasteiger partial charge on any atom is 0.140 e. The van der Waals surface area contributed by atoms with Crippen LogP contribution in [-0.4, -0.2) is 25.2 Å². The van der Waals surface area contributed by atoms with Gasteiger partial charge in [-0.3, -0.25) is 0 Å². The molecule has 0 radical (unpaired) electrons. The minimum atomic E-state index is 0.520. The van der Waals surface area contributed by atoms with Gasteiger partial charge in [0, 0.05) is 25.6 Å². The molecule has 4 nitrogen and oxygen atoms in total. The van der Waals surface area contributed by atoms with Crippen LogP contribution >= 0.6 is 11.3 Å². The van der Waals surface area contributed by atoms with E-state index in [-0.39, 0.29) is 0 Å². The molecule has 0 aliphatic carbocycles. The van der Waals surface area contributed by atoms with Gasteiger partial charge in [-0.05, 0) is 19.1 Å². The van der Waals surface area contributed by atoms with Gasteiger partial charge >= 0.3 is 0 Å². The molecule has 0 aliphatic heterocycles. The van der Waals surface area contributed by atoms with E-state index >= 15 is 0 Å². The highest BCUT2D eigenvalue weighted by atomic mass is 32.1. The monoisotopic (exact) mass is 292 g/mol. The number of aryl methyl sites for hydroxylation is 1. The summed E-state index contributed by atoms with van der Waals surface area (Å²) in [4.78, 5) is 4.53. The highest BCUT2D eigenvalue weighted by molar-refractivity contribution is 7.09. The summed E-state index contributed by atoms with van der Waals surface area (Å²) < 4.78 is 10.7. The van der Waals surface area contributed by atoms with Crippen molar-refractivity contribution in [3.05, 3.63) is 45.9 Å². The van der Waals surface area contributed by atoms with Gasteiger partial charge in [0.2, 0.25) is 0 Å². The Morgan fingerprint density at radius 1 is 1.25 bits per heavy atom. The molecule has 1 heterocycles. The van der Waals surface area contributed by atoms with Gasteiger partial charge in [-0.2, -0.15) is 0 Å². The van der Waals surface area contributed by atoms with Gasteiger partial charge in [-0.1, -0.05) is 17.7 Å². The molecule has 0 atom stereocenters. The number of thiazole rings is 1. The first-order valence-electron chi connectivity index (χ1n) is 6.60. The molecule has 0 spiro atoms. The largest absolute Gasteiger partial charge is 0.486 e. The standard InChI is InChI=1S/C15H20N2O2S/c1-12-3-5-14(6-4-12)19-10-15-17-13(11-20-15)9-16-7-8-18-2/h3-6,11,16H,7-10H2,1-2H3. The first-order chi connectivity index (χ1) is 9.78. The third kappa shape index (κ3) is 4.92. The molecule has 108 valence electrons. The highest BCUT2D eigenvalue weighted by Gasteiger charge is 2.03. The molecule has 0 saturated carbocycles. The molecule has 0 aliphatic rings. The Hall–Kier alpha value is -1.43. The van der Waals surface area contributed by atoms with Gasteiger partial charge in [0.15, 0.2) is 0 Å². The molecule has 0 bridgehead atoms. The lowest BCUT2D eigenvalue weighted by atomic mass is 10.2. The molecule has 5 heteroatoms. The van der Waals surface area contributed by atoms with Crippen LogP contribution in [0.15, 0.2) is 29.6 Å². The fourth-order valence-corrected chi connectivity index (χ4v) is 2.37. The molecule has 0 unspecified atom stereocenters. The predicted octanol–water partition coefficient (Wildman–Crippen LogP) is 2.77. The maximum absolute atomic E-state index is 5.71. The van der Waals surface area contributed by atoms with Crippen molar-refractivity contribution < 1.29 is 9.47 Å². The van der Waals surface area contributed by atoms with Crippen LogP contribution in [0.1, 0.15) is 16.3 Å². The fourth-order valence-electron chi connectivity index (χ4n) is 1.67. The summed E-state index contributed by atoms with van der Waals surface area (Å²) in [6, 6.07) is 8.05. The number of aromatic nitrogens is 1. The number of hydrogen-bond donors (Lipinski definition) is 1. The number of nitrogens with zero attached hydrogens (tertiary/aromatic N) is 1. The van der Waals surface area contributed by atoms with E-state index < -0.39 is 0 Å². The van der Waals surface area contributed by atoms with E-state index in [0.717, 1.165) is 29.5 Å². The summed E-state index contributed by atoms with van der Waals surface area (Å²) in [6.07, 6.45) is 0. The van der Waals surface area contributed by atoms with Crippen molar-refractivity contribution >= 4 is 11.3 Å². The number of hydrogen-bond acceptors (Lipinski definition) is 5. The number of methoxy groups -OCH3 is 1. The lowest BCUT2D eigenvalue weighted by Crippen LogP contribution is -2.18. The minimum Gasteiger partial charge on any atom is -0.486 e. The highest BCUT2D eigenvalue weighted by Crippen LogP contribution is 2.16. The zero-order valence-corrected chi connectivity index (χ0v) is 12.7. The first kappa shape index (κ1) is 15.0. The van der Waals surface area contributed by atoms with E-state index in [0.29, 0.717) is 13.2 Å². The average molecular weight is 292 g/mol. The van der Waals surface area contributed by atoms with Gasteiger partial charge in [-0.25, -0.2) is 4.98 Å². The Morgan fingerprint density at radius 2 is 2.05 bits per heavy atom. The Labute approximate surface area is 123 Å². The summed E-state index contributed by atoms with van der Waals surface area (Å²) in [5.41, 5.74) is 2.28. The summed E-state index contributed by atoms with van der Waals surface area (Å²) >= 11 is 1.63. The number of ether oxygens (including phenoxy) is 2. The van der Waals surface area contributed by atoms with Crippen molar-refractivity contribution in [2.45, 2.75) is 20.1 Å². The van der Waals surface area contributed by atoms with E-state index in [1.54, 1.807) is 18.4 Å². The van der Waals surface area contributed by atoms with Crippen LogP contribution in [0.3, 0.4) is 0 Å². The number of benzene rings is 1. The van der Waals surface area contributed by atoms with E-state index in [2.05, 4.69) is 22.6 Å². The van der Waals surface area contributed by atoms with Crippen molar-refractivity contribution in [1.29, 1.82) is 0 Å². The molecule has 0 fully saturated rings. The molecular weight excluding hydrogens is 272 g/mol. The summed E-state index contributed by atoms with van der Waals surface area (Å²) in [5.74, 6) is 0.880. The number of rotatable bonds is 8. The molecule has 0 amide bonds. The van der Waals surface area contributed by atoms with E-state index in [4.69, 9.17) is 9.47 Å². The Kier molecular flexibility index (Phi) is 5.98. The normalized spacial score (nSPS) is 10.7. The van der Waals surface area contributed by atoms with Crippen LogP contribution < -0.4 is 10.1 Å². The van der Waals surface area contributed by atoms with Gasteiger partial charge in [0.25, 0.3) is 0 Å². The smallest absolute Gasteiger partial charge is 0.140 e. The number of nitrogens with one attached hydrogen (secondary N) is 1. The molecule has 1 N–H and O–H groups in total. The average Bonchev–Trinajstić information content (AvgIpc) is 2.91. The quantitative estimate of drug-likeness (QED) is 0.760. The maximum atomic E-state index is 5.71. The molecule has 2 aromatic rings. The van der Waals surface area contributed by atoms with Crippen molar-refractivity contribution in [2.75, 3.05) is 20.3 Å². The topological polar surface area (TPSA) is 43.4 Å². The van der Waals surface area contributed by atoms with Crippen molar-refractivity contribution in [3.63, 3.8) is 0 Å². The van der Waals surface area contributed by atoms with E-state index in [1.165, 1.54) is 5.56 Å². The van der Waals surface area contributed by atoms with Crippen molar-refractivity contribution in [2.24, 2.45) is 0 Å². The second-order valence-corrected chi connectivity index (χ2v) is 5.45. The minimum absolute atomic E-state index is 0.520. The van der Waals surface area contributed by atoms with Crippen LogP contribution in [0, 0.1) is 6.92 Å². The van der Waals surface area contributed by atoms with Gasteiger partial charge in [0.1, 0.15) is 17.4 Å². The molecule has 2 rings (SSSR count). The molecule has 1 aromatic carbocycles. The lowest BCUT2D eigenvalue weighted by Gasteiger charge is -2.04. The fraction of sp³-hybridized carbons (Fsp3) is 0.400. The second kappa shape index (κ2) is 7.99. The Balaban J connectivity index is 1.76. The van der Waals surface area contributed by atoms with Crippen molar-refractivity contribution in [3.8, 4) is 5.75 Å². The lowest BCUT2D eigenvalue weighted by molar-refractivity contribution is 0.199. The van der Waals surface area contributed by atoms with E-state index in [9.17, 15) is 0 Å². The van der Waals surface area contributed by atoms with Crippen LogP contribution in [-0.2, 0) is 17.9 Å². The van der Waals surface area contributed by atoms with E-state index in [1.807, 2.05) is 24.3 Å². The van der Waals surface area contributed by atoms with Gasteiger partial charge in [0.05, 0.1) is 12.3 Å².